The van der Waals surface area contributed by atoms with E-state index in [1.165, 1.54) is 0 Å². The molecule has 0 amide bonds. The van der Waals surface area contributed by atoms with Crippen LogP contribution in [0.1, 0.15) is 24.0 Å². The summed E-state index contributed by atoms with van der Waals surface area (Å²) in [4.78, 5) is 15.2. The number of methoxy groups -OCH3 is 2. The van der Waals surface area contributed by atoms with E-state index in [1.807, 2.05) is 36.4 Å². The van der Waals surface area contributed by atoms with Gasteiger partial charge in [0.2, 0.25) is 0 Å². The molecule has 0 radical (unpaired) electrons. The first-order chi connectivity index (χ1) is 14.7. The molecule has 2 aromatic carbocycles. The fourth-order valence-electron chi connectivity index (χ4n) is 3.98. The number of para-hydroxylation sites is 1. The van der Waals surface area contributed by atoms with Crippen LogP contribution in [0.2, 0.25) is 0 Å². The summed E-state index contributed by atoms with van der Waals surface area (Å²) in [7, 11) is 3.31. The van der Waals surface area contributed by atoms with Crippen LogP contribution in [0.4, 0.5) is 0 Å². The molecule has 1 aliphatic rings. The van der Waals surface area contributed by atoms with E-state index in [4.69, 9.17) is 18.6 Å². The van der Waals surface area contributed by atoms with Gasteiger partial charge in [0.1, 0.15) is 17.1 Å². The first-order valence-electron chi connectivity index (χ1n) is 10.2. The second kappa shape index (κ2) is 9.32. The molecule has 1 aliphatic heterocycles. The Kier molecular flexibility index (Phi) is 6.35. The Balaban J connectivity index is 1.63. The SMILES string of the molecule is COc1ccc(OC)c(CN(Cc2coc3ccccc3c2=O)CC2CCCO2)c1. The lowest BCUT2D eigenvalue weighted by molar-refractivity contribution is 0.0673. The van der Waals surface area contributed by atoms with Gasteiger partial charge in [0.25, 0.3) is 0 Å². The molecule has 6 nitrogen and oxygen atoms in total. The summed E-state index contributed by atoms with van der Waals surface area (Å²) in [6.07, 6.45) is 3.83. The van der Waals surface area contributed by atoms with E-state index < -0.39 is 0 Å². The van der Waals surface area contributed by atoms with Gasteiger partial charge < -0.3 is 18.6 Å². The summed E-state index contributed by atoms with van der Waals surface area (Å²) in [5.41, 5.74) is 2.24. The minimum absolute atomic E-state index is 0.00629. The highest BCUT2D eigenvalue weighted by molar-refractivity contribution is 5.76. The molecule has 0 spiro atoms. The molecule has 1 aromatic heterocycles. The van der Waals surface area contributed by atoms with Crippen molar-refractivity contribution in [3.05, 3.63) is 70.1 Å². The number of benzene rings is 2. The minimum atomic E-state index is 0.00629. The van der Waals surface area contributed by atoms with Crippen molar-refractivity contribution in [3.8, 4) is 11.5 Å². The normalized spacial score (nSPS) is 16.3. The van der Waals surface area contributed by atoms with Crippen molar-refractivity contribution in [2.45, 2.75) is 32.0 Å². The van der Waals surface area contributed by atoms with Gasteiger partial charge in [0.15, 0.2) is 5.43 Å². The molecule has 0 saturated carbocycles. The number of hydrogen-bond donors (Lipinski definition) is 0. The van der Waals surface area contributed by atoms with E-state index in [0.29, 0.717) is 29.6 Å². The molecule has 1 saturated heterocycles. The molecule has 30 heavy (non-hydrogen) atoms. The van der Waals surface area contributed by atoms with E-state index >= 15 is 0 Å². The van der Waals surface area contributed by atoms with Crippen LogP contribution in [0.15, 0.2) is 57.9 Å². The highest BCUT2D eigenvalue weighted by Gasteiger charge is 2.22. The van der Waals surface area contributed by atoms with Gasteiger partial charge in [-0.1, -0.05) is 12.1 Å². The Bertz CT molecular complexity index is 1050. The van der Waals surface area contributed by atoms with Crippen molar-refractivity contribution in [2.75, 3.05) is 27.4 Å². The number of fused-ring (bicyclic) bond motifs is 1. The molecule has 1 fully saturated rings. The second-order valence-corrected chi connectivity index (χ2v) is 7.57. The Morgan fingerprint density at radius 2 is 1.90 bits per heavy atom. The van der Waals surface area contributed by atoms with Crippen LogP contribution < -0.4 is 14.9 Å². The van der Waals surface area contributed by atoms with Crippen LogP contribution in [0.5, 0.6) is 11.5 Å². The molecule has 1 atom stereocenters. The third kappa shape index (κ3) is 4.50. The fraction of sp³-hybridized carbons (Fsp3) is 0.375. The zero-order chi connectivity index (χ0) is 20.9. The Labute approximate surface area is 176 Å². The predicted octanol–water partition coefficient (Wildman–Crippen LogP) is 3.99. The lowest BCUT2D eigenvalue weighted by Gasteiger charge is -2.26. The smallest absolute Gasteiger partial charge is 0.197 e. The maximum atomic E-state index is 13.0. The molecule has 1 unspecified atom stereocenters. The third-order valence-corrected chi connectivity index (χ3v) is 5.51. The van der Waals surface area contributed by atoms with Crippen LogP contribution in [0, 0.1) is 0 Å². The van der Waals surface area contributed by atoms with Crippen molar-refractivity contribution >= 4 is 11.0 Å². The summed E-state index contributed by atoms with van der Waals surface area (Å²) >= 11 is 0. The van der Waals surface area contributed by atoms with Gasteiger partial charge in [-0.3, -0.25) is 9.69 Å². The monoisotopic (exact) mass is 409 g/mol. The number of hydrogen-bond acceptors (Lipinski definition) is 6. The van der Waals surface area contributed by atoms with Gasteiger partial charge in [0.05, 0.1) is 32.0 Å². The van der Waals surface area contributed by atoms with Crippen LogP contribution in [0.3, 0.4) is 0 Å². The molecule has 6 heteroatoms. The van der Waals surface area contributed by atoms with E-state index in [2.05, 4.69) is 4.90 Å². The van der Waals surface area contributed by atoms with Crippen LogP contribution in [-0.2, 0) is 17.8 Å². The average molecular weight is 409 g/mol. The molecule has 158 valence electrons. The van der Waals surface area contributed by atoms with E-state index in [9.17, 15) is 4.79 Å². The summed E-state index contributed by atoms with van der Waals surface area (Å²) < 4.78 is 22.5. The molecule has 0 bridgehead atoms. The second-order valence-electron chi connectivity index (χ2n) is 7.57. The van der Waals surface area contributed by atoms with Crippen molar-refractivity contribution in [1.82, 2.24) is 4.90 Å². The largest absolute Gasteiger partial charge is 0.497 e. The van der Waals surface area contributed by atoms with Crippen molar-refractivity contribution < 1.29 is 18.6 Å². The highest BCUT2D eigenvalue weighted by atomic mass is 16.5. The van der Waals surface area contributed by atoms with Gasteiger partial charge in [-0.05, 0) is 43.2 Å². The predicted molar refractivity (Wildman–Crippen MR) is 115 cm³/mol. The lowest BCUT2D eigenvalue weighted by atomic mass is 10.1. The zero-order valence-electron chi connectivity index (χ0n) is 17.4. The van der Waals surface area contributed by atoms with Gasteiger partial charge in [-0.25, -0.2) is 0 Å². The molecule has 0 aliphatic carbocycles. The first kappa shape index (κ1) is 20.4. The van der Waals surface area contributed by atoms with E-state index in [1.54, 1.807) is 26.5 Å². The first-order valence-corrected chi connectivity index (χ1v) is 10.2. The van der Waals surface area contributed by atoms with Crippen molar-refractivity contribution in [1.29, 1.82) is 0 Å². The van der Waals surface area contributed by atoms with Gasteiger partial charge in [0, 0.05) is 37.4 Å². The van der Waals surface area contributed by atoms with E-state index in [-0.39, 0.29) is 11.5 Å². The Hall–Kier alpha value is -2.83. The van der Waals surface area contributed by atoms with Crippen molar-refractivity contribution in [3.63, 3.8) is 0 Å². The zero-order valence-corrected chi connectivity index (χ0v) is 17.4. The standard InChI is InChI=1S/C24H27NO5/c1-27-19-9-10-22(28-2)17(12-19)13-25(15-20-6-5-11-29-20)14-18-16-30-23-8-4-3-7-21(23)24(18)26/h3-4,7-10,12,16,20H,5-6,11,13-15H2,1-2H3. The topological polar surface area (TPSA) is 61.1 Å². The van der Waals surface area contributed by atoms with Crippen LogP contribution in [-0.4, -0.2) is 38.4 Å². The maximum absolute atomic E-state index is 13.0. The molecular formula is C24H27NO5. The molecule has 2 heterocycles. The van der Waals surface area contributed by atoms with Crippen LogP contribution >= 0.6 is 0 Å². The lowest BCUT2D eigenvalue weighted by Crippen LogP contribution is -2.33. The number of ether oxygens (including phenoxy) is 3. The highest BCUT2D eigenvalue weighted by Crippen LogP contribution is 2.27. The number of rotatable bonds is 8. The Morgan fingerprint density at radius 1 is 1.07 bits per heavy atom. The minimum Gasteiger partial charge on any atom is -0.497 e. The third-order valence-electron chi connectivity index (χ3n) is 5.51. The van der Waals surface area contributed by atoms with Gasteiger partial charge >= 0.3 is 0 Å². The summed E-state index contributed by atoms with van der Waals surface area (Å²) in [6.45, 7) is 2.59. The molecule has 4 rings (SSSR count). The van der Waals surface area contributed by atoms with Crippen molar-refractivity contribution in [2.24, 2.45) is 0 Å². The summed E-state index contributed by atoms with van der Waals surface area (Å²) in [5.74, 6) is 1.56. The van der Waals surface area contributed by atoms with Crippen LogP contribution in [0.25, 0.3) is 11.0 Å². The van der Waals surface area contributed by atoms with Gasteiger partial charge in [-0.2, -0.15) is 0 Å². The number of nitrogens with zero attached hydrogens (tertiary/aromatic N) is 1. The summed E-state index contributed by atoms with van der Waals surface area (Å²) in [5, 5.41) is 0.603. The molecular weight excluding hydrogens is 382 g/mol. The Morgan fingerprint density at radius 3 is 2.67 bits per heavy atom. The van der Waals surface area contributed by atoms with Gasteiger partial charge in [-0.15, -0.1) is 0 Å². The quantitative estimate of drug-likeness (QED) is 0.561. The fourth-order valence-corrected chi connectivity index (χ4v) is 3.98. The molecule has 0 N–H and O–H groups in total. The average Bonchev–Trinajstić information content (AvgIpc) is 3.29. The molecule has 3 aromatic rings. The maximum Gasteiger partial charge on any atom is 0.197 e. The van der Waals surface area contributed by atoms with E-state index in [0.717, 1.165) is 43.1 Å². The summed E-state index contributed by atoms with van der Waals surface area (Å²) in [6, 6.07) is 13.1.